The molecule has 1 aromatic carbocycles. The summed E-state index contributed by atoms with van der Waals surface area (Å²) in [7, 11) is 1.58. The van der Waals surface area contributed by atoms with Crippen molar-refractivity contribution in [3.05, 3.63) is 18.2 Å². The molecule has 1 amide bonds. The van der Waals surface area contributed by atoms with Gasteiger partial charge in [-0.15, -0.1) is 11.6 Å². The fraction of sp³-hybridized carbons (Fsp3) is 0.462. The quantitative estimate of drug-likeness (QED) is 0.776. The van der Waals surface area contributed by atoms with E-state index in [9.17, 15) is 4.79 Å². The molecule has 0 aliphatic heterocycles. The lowest BCUT2D eigenvalue weighted by molar-refractivity contribution is -0.116. The zero-order valence-corrected chi connectivity index (χ0v) is 11.4. The number of carbonyl (C=O) groups excluding carboxylic acids is 1. The van der Waals surface area contributed by atoms with Gasteiger partial charge in [-0.25, -0.2) is 0 Å². The molecule has 0 aliphatic rings. The van der Waals surface area contributed by atoms with Gasteiger partial charge >= 0.3 is 0 Å². The van der Waals surface area contributed by atoms with Crippen molar-refractivity contribution in [2.75, 3.05) is 24.9 Å². The van der Waals surface area contributed by atoms with Crippen molar-refractivity contribution in [3.8, 4) is 11.5 Å². The first-order valence-electron chi connectivity index (χ1n) is 5.88. The van der Waals surface area contributed by atoms with Gasteiger partial charge in [0.15, 0.2) is 11.5 Å². The van der Waals surface area contributed by atoms with E-state index in [2.05, 4.69) is 5.32 Å². The molecule has 0 saturated heterocycles. The van der Waals surface area contributed by atoms with Gasteiger partial charge in [-0.05, 0) is 25.5 Å². The Bertz CT molecular complexity index is 396. The Morgan fingerprint density at radius 1 is 1.39 bits per heavy atom. The predicted octanol–water partition coefficient (Wildman–Crippen LogP) is 3.05. The summed E-state index contributed by atoms with van der Waals surface area (Å²) in [5, 5.41) is 2.79. The van der Waals surface area contributed by atoms with Crippen LogP contribution < -0.4 is 14.8 Å². The number of hydrogen-bond donors (Lipinski definition) is 1. The average molecular weight is 272 g/mol. The minimum atomic E-state index is -0.0525. The van der Waals surface area contributed by atoms with Gasteiger partial charge in [0.25, 0.3) is 0 Å². The number of methoxy groups -OCH3 is 1. The molecule has 0 bridgehead atoms. The maximum Gasteiger partial charge on any atom is 0.224 e. The average Bonchev–Trinajstić information content (AvgIpc) is 2.37. The monoisotopic (exact) mass is 271 g/mol. The third-order valence-electron chi connectivity index (χ3n) is 2.28. The molecule has 0 aliphatic carbocycles. The van der Waals surface area contributed by atoms with Gasteiger partial charge in [0.05, 0.1) is 13.7 Å². The maximum atomic E-state index is 11.6. The Kier molecular flexibility index (Phi) is 6.36. The number of anilines is 1. The zero-order chi connectivity index (χ0) is 13.4. The minimum absolute atomic E-state index is 0.0525. The van der Waals surface area contributed by atoms with Crippen LogP contribution in [0.1, 0.15) is 19.8 Å². The van der Waals surface area contributed by atoms with Gasteiger partial charge in [0, 0.05) is 24.1 Å². The van der Waals surface area contributed by atoms with Crippen LogP contribution in [0.4, 0.5) is 5.69 Å². The van der Waals surface area contributed by atoms with Crippen LogP contribution in [-0.4, -0.2) is 25.5 Å². The third-order valence-corrected chi connectivity index (χ3v) is 2.55. The smallest absolute Gasteiger partial charge is 0.224 e. The number of alkyl halides is 1. The van der Waals surface area contributed by atoms with Crippen LogP contribution in [0.5, 0.6) is 11.5 Å². The van der Waals surface area contributed by atoms with Gasteiger partial charge in [0.2, 0.25) is 5.91 Å². The number of nitrogens with one attached hydrogen (secondary N) is 1. The van der Waals surface area contributed by atoms with Gasteiger partial charge in [-0.3, -0.25) is 4.79 Å². The van der Waals surface area contributed by atoms with E-state index in [-0.39, 0.29) is 5.91 Å². The number of ether oxygens (including phenoxy) is 2. The van der Waals surface area contributed by atoms with E-state index < -0.39 is 0 Å². The third kappa shape index (κ3) is 4.45. The van der Waals surface area contributed by atoms with Crippen molar-refractivity contribution in [2.45, 2.75) is 19.8 Å². The lowest BCUT2D eigenvalue weighted by Gasteiger charge is -2.11. The summed E-state index contributed by atoms with van der Waals surface area (Å²) in [6.45, 7) is 2.44. The summed E-state index contributed by atoms with van der Waals surface area (Å²) >= 11 is 5.54. The lowest BCUT2D eigenvalue weighted by atomic mass is 10.2. The second kappa shape index (κ2) is 7.82. The van der Waals surface area contributed by atoms with Crippen molar-refractivity contribution in [3.63, 3.8) is 0 Å². The van der Waals surface area contributed by atoms with Gasteiger partial charge in [-0.2, -0.15) is 0 Å². The lowest BCUT2D eigenvalue weighted by Crippen LogP contribution is -2.11. The highest BCUT2D eigenvalue weighted by Gasteiger charge is 2.07. The maximum absolute atomic E-state index is 11.6. The molecule has 1 rings (SSSR count). The van der Waals surface area contributed by atoms with Crippen molar-refractivity contribution in [1.29, 1.82) is 0 Å². The highest BCUT2D eigenvalue weighted by Crippen LogP contribution is 2.30. The Hall–Kier alpha value is -1.42. The topological polar surface area (TPSA) is 47.6 Å². The van der Waals surface area contributed by atoms with Crippen LogP contribution in [0, 0.1) is 0 Å². The largest absolute Gasteiger partial charge is 0.493 e. The van der Waals surface area contributed by atoms with Gasteiger partial charge < -0.3 is 14.8 Å². The van der Waals surface area contributed by atoms with Gasteiger partial charge in [0.1, 0.15) is 0 Å². The molecule has 0 heterocycles. The number of amides is 1. The number of carbonyl (C=O) groups is 1. The van der Waals surface area contributed by atoms with Crippen LogP contribution in [0.15, 0.2) is 18.2 Å². The molecule has 0 radical (unpaired) electrons. The molecule has 0 aromatic heterocycles. The second-order valence-corrected chi connectivity index (χ2v) is 4.02. The van der Waals surface area contributed by atoms with E-state index in [4.69, 9.17) is 21.1 Å². The van der Waals surface area contributed by atoms with Gasteiger partial charge in [-0.1, -0.05) is 0 Å². The van der Waals surface area contributed by atoms with Crippen molar-refractivity contribution >= 4 is 23.2 Å². The van der Waals surface area contributed by atoms with Crippen molar-refractivity contribution < 1.29 is 14.3 Å². The molecule has 4 nitrogen and oxygen atoms in total. The summed E-state index contributed by atoms with van der Waals surface area (Å²) in [5.74, 6) is 1.70. The van der Waals surface area contributed by atoms with E-state index in [0.717, 1.165) is 0 Å². The number of rotatable bonds is 7. The molecule has 100 valence electrons. The summed E-state index contributed by atoms with van der Waals surface area (Å²) in [6.07, 6.45) is 1.08. The number of hydrogen-bond acceptors (Lipinski definition) is 3. The van der Waals surface area contributed by atoms with Crippen LogP contribution in [-0.2, 0) is 4.79 Å². The first-order chi connectivity index (χ1) is 8.71. The summed E-state index contributed by atoms with van der Waals surface area (Å²) in [5.41, 5.74) is 0.693. The molecule has 5 heteroatoms. The minimum Gasteiger partial charge on any atom is -0.493 e. The van der Waals surface area contributed by atoms with Crippen LogP contribution in [0.3, 0.4) is 0 Å². The molecule has 18 heavy (non-hydrogen) atoms. The molecule has 0 atom stereocenters. The first-order valence-corrected chi connectivity index (χ1v) is 6.41. The first kappa shape index (κ1) is 14.6. The fourth-order valence-corrected chi connectivity index (χ4v) is 1.61. The molecule has 0 spiro atoms. The molecule has 1 N–H and O–H groups in total. The molecule has 1 aromatic rings. The summed E-state index contributed by atoms with van der Waals surface area (Å²) in [6, 6.07) is 5.29. The van der Waals surface area contributed by atoms with E-state index in [1.807, 2.05) is 6.92 Å². The molecular formula is C13H18ClNO3. The van der Waals surface area contributed by atoms with Crippen LogP contribution in [0.2, 0.25) is 0 Å². The molecular weight excluding hydrogens is 254 g/mol. The Labute approximate surface area is 112 Å². The second-order valence-electron chi connectivity index (χ2n) is 3.64. The summed E-state index contributed by atoms with van der Waals surface area (Å²) in [4.78, 5) is 11.6. The Morgan fingerprint density at radius 2 is 2.17 bits per heavy atom. The number of halogens is 1. The Balaban J connectivity index is 2.71. The normalized spacial score (nSPS) is 9.94. The fourth-order valence-electron chi connectivity index (χ4n) is 1.47. The predicted molar refractivity (Wildman–Crippen MR) is 72.7 cm³/mol. The van der Waals surface area contributed by atoms with Crippen LogP contribution in [0.25, 0.3) is 0 Å². The standard InChI is InChI=1S/C13H18ClNO3/c1-3-18-12-9-10(6-7-11(12)17-2)15-13(16)5-4-8-14/h6-7,9H,3-5,8H2,1-2H3,(H,15,16). The SMILES string of the molecule is CCOc1cc(NC(=O)CCCCl)ccc1OC. The Morgan fingerprint density at radius 3 is 2.78 bits per heavy atom. The molecule has 0 unspecified atom stereocenters. The van der Waals surface area contributed by atoms with Crippen molar-refractivity contribution in [1.82, 2.24) is 0 Å². The van der Waals surface area contributed by atoms with E-state index >= 15 is 0 Å². The van der Waals surface area contributed by atoms with Crippen LogP contribution >= 0.6 is 11.6 Å². The van der Waals surface area contributed by atoms with E-state index in [1.165, 1.54) is 0 Å². The summed E-state index contributed by atoms with van der Waals surface area (Å²) < 4.78 is 10.6. The zero-order valence-electron chi connectivity index (χ0n) is 10.7. The molecule has 0 saturated carbocycles. The van der Waals surface area contributed by atoms with E-state index in [1.54, 1.807) is 25.3 Å². The number of benzene rings is 1. The van der Waals surface area contributed by atoms with E-state index in [0.29, 0.717) is 42.5 Å². The molecule has 0 fully saturated rings. The van der Waals surface area contributed by atoms with Crippen molar-refractivity contribution in [2.24, 2.45) is 0 Å². The highest BCUT2D eigenvalue weighted by atomic mass is 35.5. The highest BCUT2D eigenvalue weighted by molar-refractivity contribution is 6.18.